The van der Waals surface area contributed by atoms with Crippen molar-refractivity contribution in [3.8, 4) is 0 Å². The topological polar surface area (TPSA) is 35.5 Å². The van der Waals surface area contributed by atoms with Gasteiger partial charge in [-0.15, -0.1) is 0 Å². The van der Waals surface area contributed by atoms with Gasteiger partial charge in [-0.25, -0.2) is 0 Å². The summed E-state index contributed by atoms with van der Waals surface area (Å²) in [6.45, 7) is 13.7. The van der Waals surface area contributed by atoms with E-state index in [1.54, 1.807) is 11.8 Å². The third kappa shape index (κ3) is 9.03. The molecule has 156 valence electrons. The van der Waals surface area contributed by atoms with Crippen LogP contribution in [0.5, 0.6) is 0 Å². The predicted octanol–water partition coefficient (Wildman–Crippen LogP) is 8.24. The van der Waals surface area contributed by atoms with Gasteiger partial charge in [-0.1, -0.05) is 0 Å². The fourth-order valence-corrected chi connectivity index (χ4v) is 30.7. The predicted molar refractivity (Wildman–Crippen MR) is 122 cm³/mol. The molecule has 0 aromatic carbocycles. The fraction of sp³-hybridized carbons (Fsp3) is 0.900. The third-order valence-corrected chi connectivity index (χ3v) is 28.5. The Morgan fingerprint density at radius 3 is 1.58 bits per heavy atom. The average Bonchev–Trinajstić information content (AvgIpc) is 2.63. The maximum atomic E-state index is 13.9. The summed E-state index contributed by atoms with van der Waals surface area (Å²) < 4.78 is 30.7. The molecule has 0 aliphatic rings. The fourth-order valence-electron chi connectivity index (χ4n) is 3.46. The van der Waals surface area contributed by atoms with E-state index in [2.05, 4.69) is 33.1 Å². The number of hydrogen-bond donors (Lipinski definition) is 0. The summed E-state index contributed by atoms with van der Waals surface area (Å²) in [5.74, 6) is 0.999. The molecular weight excluding hydrogens is 470 g/mol. The molecule has 0 saturated carbocycles. The number of unbranched alkanes of at least 4 members (excludes halogenated alkanes) is 3. The molecule has 0 heterocycles. The van der Waals surface area contributed by atoms with Crippen LogP contribution in [0.25, 0.3) is 0 Å². The Morgan fingerprint density at radius 1 is 0.846 bits per heavy atom. The second kappa shape index (κ2) is 15.9. The van der Waals surface area contributed by atoms with Crippen LogP contribution in [0, 0.1) is 0 Å². The van der Waals surface area contributed by atoms with E-state index in [-0.39, 0.29) is 0 Å². The van der Waals surface area contributed by atoms with Crippen molar-refractivity contribution in [3.05, 3.63) is 8.74 Å². The van der Waals surface area contributed by atoms with Crippen molar-refractivity contribution in [3.63, 3.8) is 0 Å². The van der Waals surface area contributed by atoms with Crippen LogP contribution >= 0.6 is 19.4 Å². The Balaban J connectivity index is 6.19. The molecule has 0 saturated heterocycles. The number of thioether (sulfide) groups is 1. The standard InChI is InChI=1S/C8H16O3PS.3C4H9.Sn/c1-4-10-12(9,11-5-2)7-8-13-6-3;3*1-3-4-2;/h8H,4-6H2,1-3H3;3*1,3-4H2,2H3;. The van der Waals surface area contributed by atoms with Crippen LogP contribution in [-0.2, 0) is 13.6 Å². The van der Waals surface area contributed by atoms with Crippen LogP contribution in [0.1, 0.15) is 80.1 Å². The van der Waals surface area contributed by atoms with Gasteiger partial charge in [0.05, 0.1) is 0 Å². The molecule has 0 radical (unpaired) electrons. The van der Waals surface area contributed by atoms with Crippen molar-refractivity contribution in [2.75, 3.05) is 19.0 Å². The van der Waals surface area contributed by atoms with Gasteiger partial charge < -0.3 is 0 Å². The molecule has 0 aliphatic carbocycles. The third-order valence-electron chi connectivity index (χ3n) is 4.82. The van der Waals surface area contributed by atoms with Crippen LogP contribution in [0.4, 0.5) is 0 Å². The summed E-state index contributed by atoms with van der Waals surface area (Å²) in [5, 5.41) is 2.23. The number of hydrogen-bond acceptors (Lipinski definition) is 4. The van der Waals surface area contributed by atoms with E-state index < -0.39 is 26.0 Å². The summed E-state index contributed by atoms with van der Waals surface area (Å²) in [6, 6.07) is 0. The van der Waals surface area contributed by atoms with Crippen molar-refractivity contribution < 1.29 is 13.6 Å². The Kier molecular flexibility index (Phi) is 16.5. The minimum absolute atomic E-state index is 0.447. The van der Waals surface area contributed by atoms with E-state index in [1.165, 1.54) is 51.8 Å². The Bertz CT molecular complexity index is 398. The Labute approximate surface area is 171 Å². The molecule has 3 nitrogen and oxygen atoms in total. The van der Waals surface area contributed by atoms with Crippen molar-refractivity contribution >= 4 is 37.7 Å². The van der Waals surface area contributed by atoms with Gasteiger partial charge in [-0.05, 0) is 0 Å². The van der Waals surface area contributed by atoms with E-state index in [4.69, 9.17) is 9.05 Å². The Morgan fingerprint density at radius 2 is 1.27 bits per heavy atom. The molecule has 0 aromatic rings. The summed E-state index contributed by atoms with van der Waals surface area (Å²) in [7, 11) is -3.17. The molecular formula is C20H43O3PSSn. The SMILES string of the molecule is CCC[CH2][Sn]([CH2]CCC)([CH2]CCC)/[C](=C\SCC)P(=O)(OCC)OCC. The molecule has 0 aliphatic heterocycles. The molecule has 0 rings (SSSR count). The van der Waals surface area contributed by atoms with E-state index >= 15 is 0 Å². The Hall–Kier alpha value is 1.04. The second-order valence-corrected chi connectivity index (χ2v) is 24.4. The van der Waals surface area contributed by atoms with Gasteiger partial charge in [0.1, 0.15) is 0 Å². The van der Waals surface area contributed by atoms with Gasteiger partial charge >= 0.3 is 172 Å². The molecule has 0 bridgehead atoms. The molecule has 0 atom stereocenters. The first-order valence-electron chi connectivity index (χ1n) is 10.7. The average molecular weight is 513 g/mol. The quantitative estimate of drug-likeness (QED) is 0.145. The van der Waals surface area contributed by atoms with Gasteiger partial charge in [0.25, 0.3) is 0 Å². The summed E-state index contributed by atoms with van der Waals surface area (Å²) in [6.07, 6.45) is 7.36. The molecule has 0 aromatic heterocycles. The van der Waals surface area contributed by atoms with Gasteiger partial charge in [-0.2, -0.15) is 0 Å². The van der Waals surface area contributed by atoms with Crippen molar-refractivity contribution in [1.82, 2.24) is 0 Å². The van der Waals surface area contributed by atoms with Crippen molar-refractivity contribution in [2.45, 2.75) is 93.4 Å². The number of rotatable bonds is 17. The molecule has 6 heteroatoms. The van der Waals surface area contributed by atoms with Crippen molar-refractivity contribution in [2.24, 2.45) is 0 Å². The summed E-state index contributed by atoms with van der Waals surface area (Å²) in [4.78, 5) is 0. The van der Waals surface area contributed by atoms with Gasteiger partial charge in [0.15, 0.2) is 0 Å². The molecule has 26 heavy (non-hydrogen) atoms. The first-order chi connectivity index (χ1) is 12.5. The molecule has 0 N–H and O–H groups in total. The zero-order valence-electron chi connectivity index (χ0n) is 18.1. The zero-order valence-corrected chi connectivity index (χ0v) is 22.7. The van der Waals surface area contributed by atoms with E-state index in [1.807, 2.05) is 13.8 Å². The first kappa shape index (κ1) is 27.0. The van der Waals surface area contributed by atoms with E-state index in [0.29, 0.717) is 13.2 Å². The minimum atomic E-state index is -3.17. The zero-order chi connectivity index (χ0) is 19.9. The van der Waals surface area contributed by atoms with E-state index in [0.717, 1.165) is 9.08 Å². The summed E-state index contributed by atoms with van der Waals surface area (Å²) in [5.41, 5.74) is 0. The molecule has 0 unspecified atom stereocenters. The van der Waals surface area contributed by atoms with Crippen LogP contribution in [0.15, 0.2) is 8.74 Å². The van der Waals surface area contributed by atoms with Crippen LogP contribution < -0.4 is 0 Å². The molecule has 0 fully saturated rings. The van der Waals surface area contributed by atoms with Crippen LogP contribution in [0.3, 0.4) is 0 Å². The van der Waals surface area contributed by atoms with E-state index in [9.17, 15) is 4.57 Å². The first-order valence-corrected chi connectivity index (χ1v) is 20.8. The molecule has 0 spiro atoms. The summed E-state index contributed by atoms with van der Waals surface area (Å²) >= 11 is -1.07. The molecule has 0 amide bonds. The van der Waals surface area contributed by atoms with Crippen LogP contribution in [-0.4, -0.2) is 37.3 Å². The van der Waals surface area contributed by atoms with Crippen molar-refractivity contribution in [1.29, 1.82) is 0 Å². The maximum absolute atomic E-state index is 13.9. The van der Waals surface area contributed by atoms with Gasteiger partial charge in [0.2, 0.25) is 0 Å². The normalized spacial score (nSPS) is 13.4. The van der Waals surface area contributed by atoms with Gasteiger partial charge in [0, 0.05) is 0 Å². The second-order valence-electron chi connectivity index (χ2n) is 6.88. The van der Waals surface area contributed by atoms with Crippen LogP contribution in [0.2, 0.25) is 13.3 Å². The van der Waals surface area contributed by atoms with Gasteiger partial charge in [-0.3, -0.25) is 0 Å². The monoisotopic (exact) mass is 514 g/mol.